The number of nitrogens with zero attached hydrogens (tertiary/aromatic N) is 1. The number of carboxylic acids is 1. The Balaban J connectivity index is 2.21. The quantitative estimate of drug-likeness (QED) is 0.911. The van der Waals surface area contributed by atoms with Crippen molar-refractivity contribution in [3.63, 3.8) is 0 Å². The molecule has 0 saturated heterocycles. The lowest BCUT2D eigenvalue weighted by molar-refractivity contribution is 0.0690. The van der Waals surface area contributed by atoms with Gasteiger partial charge < -0.3 is 10.4 Å². The van der Waals surface area contributed by atoms with Crippen LogP contribution in [-0.2, 0) is 0 Å². The summed E-state index contributed by atoms with van der Waals surface area (Å²) in [7, 11) is 0. The zero-order valence-corrected chi connectivity index (χ0v) is 10.6. The molecule has 92 valence electrons. The van der Waals surface area contributed by atoms with Crippen LogP contribution in [0.25, 0.3) is 0 Å². The van der Waals surface area contributed by atoms with Crippen LogP contribution in [0.3, 0.4) is 0 Å². The maximum absolute atomic E-state index is 13.5. The molecule has 1 aromatic heterocycles. The lowest BCUT2D eigenvalue weighted by atomic mass is 10.3. The molecule has 1 aromatic carbocycles. The van der Waals surface area contributed by atoms with Crippen LogP contribution in [0.4, 0.5) is 15.8 Å². The number of pyridine rings is 1. The highest BCUT2D eigenvalue weighted by molar-refractivity contribution is 9.10. The van der Waals surface area contributed by atoms with Gasteiger partial charge in [0.25, 0.3) is 0 Å². The Hall–Kier alpha value is -1.95. The first-order valence-corrected chi connectivity index (χ1v) is 5.77. The number of benzene rings is 1. The molecule has 0 bridgehead atoms. The van der Waals surface area contributed by atoms with Gasteiger partial charge in [0.2, 0.25) is 0 Å². The minimum atomic E-state index is -1.10. The molecule has 0 atom stereocenters. The summed E-state index contributed by atoms with van der Waals surface area (Å²) >= 11 is 3.16. The van der Waals surface area contributed by atoms with E-state index >= 15 is 0 Å². The number of hydrogen-bond donors (Lipinski definition) is 2. The molecule has 0 unspecified atom stereocenters. The fraction of sp³-hybridized carbons (Fsp3) is 0. The van der Waals surface area contributed by atoms with E-state index in [4.69, 9.17) is 5.11 Å². The van der Waals surface area contributed by atoms with Crippen molar-refractivity contribution in [1.29, 1.82) is 0 Å². The first-order chi connectivity index (χ1) is 8.56. The molecule has 1 heterocycles. The molecule has 0 aliphatic heterocycles. The normalized spacial score (nSPS) is 10.1. The van der Waals surface area contributed by atoms with Gasteiger partial charge in [-0.1, -0.05) is 15.9 Å². The Kier molecular flexibility index (Phi) is 3.57. The van der Waals surface area contributed by atoms with Crippen molar-refractivity contribution < 1.29 is 14.3 Å². The van der Waals surface area contributed by atoms with E-state index < -0.39 is 11.8 Å². The van der Waals surface area contributed by atoms with E-state index in [0.29, 0.717) is 15.8 Å². The van der Waals surface area contributed by atoms with Gasteiger partial charge in [-0.15, -0.1) is 0 Å². The van der Waals surface area contributed by atoms with Crippen LogP contribution >= 0.6 is 15.9 Å². The Bertz CT molecular complexity index is 587. The van der Waals surface area contributed by atoms with Crippen molar-refractivity contribution in [2.45, 2.75) is 0 Å². The number of carbonyl (C=O) groups is 1. The van der Waals surface area contributed by atoms with Gasteiger partial charge in [-0.3, -0.25) is 0 Å². The molecule has 0 spiro atoms. The molecule has 4 nitrogen and oxygen atoms in total. The summed E-state index contributed by atoms with van der Waals surface area (Å²) in [6.07, 6.45) is 1.34. The van der Waals surface area contributed by atoms with E-state index in [1.54, 1.807) is 12.1 Å². The number of aromatic nitrogens is 1. The Labute approximate surface area is 111 Å². The van der Waals surface area contributed by atoms with Crippen molar-refractivity contribution in [1.82, 2.24) is 4.98 Å². The second-order valence-corrected chi connectivity index (χ2v) is 4.40. The van der Waals surface area contributed by atoms with Crippen molar-refractivity contribution in [2.75, 3.05) is 5.32 Å². The number of rotatable bonds is 3. The molecular weight excluding hydrogens is 303 g/mol. The highest BCUT2D eigenvalue weighted by Gasteiger charge is 2.06. The molecule has 2 N–H and O–H groups in total. The Morgan fingerprint density at radius 1 is 1.33 bits per heavy atom. The third-order valence-electron chi connectivity index (χ3n) is 2.19. The van der Waals surface area contributed by atoms with Gasteiger partial charge in [0, 0.05) is 4.47 Å². The van der Waals surface area contributed by atoms with Gasteiger partial charge >= 0.3 is 5.97 Å². The van der Waals surface area contributed by atoms with Crippen molar-refractivity contribution in [3.8, 4) is 0 Å². The van der Waals surface area contributed by atoms with E-state index in [1.807, 2.05) is 0 Å². The van der Waals surface area contributed by atoms with Gasteiger partial charge in [0.05, 0.1) is 17.6 Å². The van der Waals surface area contributed by atoms with E-state index in [1.165, 1.54) is 24.4 Å². The highest BCUT2D eigenvalue weighted by Crippen LogP contribution is 2.22. The molecule has 0 saturated carbocycles. The summed E-state index contributed by atoms with van der Waals surface area (Å²) < 4.78 is 14.2. The van der Waals surface area contributed by atoms with Gasteiger partial charge in [0.1, 0.15) is 11.5 Å². The SMILES string of the molecule is O=C(O)c1ccc(Nc2ccc(Br)cc2F)cn1. The smallest absolute Gasteiger partial charge is 0.354 e. The number of nitrogens with one attached hydrogen (secondary N) is 1. The number of halogens is 2. The molecule has 0 radical (unpaired) electrons. The van der Waals surface area contributed by atoms with Crippen LogP contribution in [0.2, 0.25) is 0 Å². The molecule has 18 heavy (non-hydrogen) atoms. The van der Waals surface area contributed by atoms with E-state index in [0.717, 1.165) is 0 Å². The van der Waals surface area contributed by atoms with Gasteiger partial charge in [-0.25, -0.2) is 14.2 Å². The van der Waals surface area contributed by atoms with Crippen LogP contribution in [0.15, 0.2) is 41.0 Å². The van der Waals surface area contributed by atoms with Crippen molar-refractivity contribution >= 4 is 33.3 Å². The largest absolute Gasteiger partial charge is 0.477 e. The molecule has 0 amide bonds. The Morgan fingerprint density at radius 2 is 2.11 bits per heavy atom. The Morgan fingerprint density at radius 3 is 2.67 bits per heavy atom. The second-order valence-electron chi connectivity index (χ2n) is 3.49. The first-order valence-electron chi connectivity index (χ1n) is 4.97. The molecule has 0 aliphatic rings. The minimum absolute atomic E-state index is 0.0585. The highest BCUT2D eigenvalue weighted by atomic mass is 79.9. The van der Waals surface area contributed by atoms with Crippen LogP contribution in [-0.4, -0.2) is 16.1 Å². The zero-order chi connectivity index (χ0) is 13.1. The monoisotopic (exact) mass is 310 g/mol. The summed E-state index contributed by atoms with van der Waals surface area (Å²) in [6, 6.07) is 7.48. The minimum Gasteiger partial charge on any atom is -0.477 e. The van der Waals surface area contributed by atoms with Crippen molar-refractivity contribution in [2.24, 2.45) is 0 Å². The number of anilines is 2. The van der Waals surface area contributed by atoms with Crippen LogP contribution in [0.5, 0.6) is 0 Å². The topological polar surface area (TPSA) is 62.2 Å². The molecule has 6 heteroatoms. The molecule has 2 aromatic rings. The van der Waals surface area contributed by atoms with Gasteiger partial charge in [0.15, 0.2) is 0 Å². The maximum atomic E-state index is 13.5. The molecule has 2 rings (SSSR count). The fourth-order valence-corrected chi connectivity index (χ4v) is 1.67. The summed E-state index contributed by atoms with van der Waals surface area (Å²) in [5, 5.41) is 11.5. The van der Waals surface area contributed by atoms with Gasteiger partial charge in [-0.05, 0) is 30.3 Å². The fourth-order valence-electron chi connectivity index (χ4n) is 1.34. The van der Waals surface area contributed by atoms with E-state index in [2.05, 4.69) is 26.2 Å². The first kappa shape index (κ1) is 12.5. The predicted molar refractivity (Wildman–Crippen MR) is 68.6 cm³/mol. The third-order valence-corrected chi connectivity index (χ3v) is 2.69. The maximum Gasteiger partial charge on any atom is 0.354 e. The van der Waals surface area contributed by atoms with E-state index in [-0.39, 0.29) is 5.69 Å². The van der Waals surface area contributed by atoms with Crippen LogP contribution in [0, 0.1) is 5.82 Å². The lowest BCUT2D eigenvalue weighted by Gasteiger charge is -2.07. The zero-order valence-electron chi connectivity index (χ0n) is 9.02. The molecule has 0 fully saturated rings. The summed E-state index contributed by atoms with van der Waals surface area (Å²) in [5.41, 5.74) is 0.751. The third kappa shape index (κ3) is 2.84. The molecule has 0 aliphatic carbocycles. The molecular formula is C12H8BrFN2O2. The summed E-state index contributed by atoms with van der Waals surface area (Å²) in [4.78, 5) is 14.3. The summed E-state index contributed by atoms with van der Waals surface area (Å²) in [6.45, 7) is 0. The van der Waals surface area contributed by atoms with Crippen molar-refractivity contribution in [3.05, 3.63) is 52.5 Å². The predicted octanol–water partition coefficient (Wildman–Crippen LogP) is 3.43. The van der Waals surface area contributed by atoms with Gasteiger partial charge in [-0.2, -0.15) is 0 Å². The average Bonchev–Trinajstić information content (AvgIpc) is 2.33. The number of hydrogen-bond acceptors (Lipinski definition) is 3. The lowest BCUT2D eigenvalue weighted by Crippen LogP contribution is -2.01. The standard InChI is InChI=1S/C12H8BrFN2O2/c13-7-1-3-10(9(14)5-7)16-8-2-4-11(12(17)18)15-6-8/h1-6,16H,(H,17,18). The number of aromatic carboxylic acids is 1. The second kappa shape index (κ2) is 5.14. The average molecular weight is 311 g/mol. The number of carboxylic acid groups (broad SMARTS) is 1. The van der Waals surface area contributed by atoms with E-state index in [9.17, 15) is 9.18 Å². The van der Waals surface area contributed by atoms with Crippen LogP contribution < -0.4 is 5.32 Å². The van der Waals surface area contributed by atoms with Crippen LogP contribution in [0.1, 0.15) is 10.5 Å². The summed E-state index contributed by atoms with van der Waals surface area (Å²) in [5.74, 6) is -1.51.